The molecule has 0 aliphatic heterocycles. The predicted octanol–water partition coefficient (Wildman–Crippen LogP) is -9.46. The van der Waals surface area contributed by atoms with Crippen molar-refractivity contribution < 1.29 is 104 Å². The fourth-order valence-electron chi connectivity index (χ4n) is 4.65. The van der Waals surface area contributed by atoms with Gasteiger partial charge in [-0.1, -0.05) is 19.3 Å². The first-order valence-corrected chi connectivity index (χ1v) is 19.9. The molecule has 0 saturated heterocycles. The summed E-state index contributed by atoms with van der Waals surface area (Å²) in [5.41, 5.74) is 15.9. The van der Waals surface area contributed by atoms with E-state index >= 15 is 0 Å². The summed E-state index contributed by atoms with van der Waals surface area (Å²) in [5.74, 6) is -6.29. The van der Waals surface area contributed by atoms with E-state index in [9.17, 15) is 90.0 Å². The van der Waals surface area contributed by atoms with Crippen molar-refractivity contribution in [3.63, 3.8) is 0 Å². The van der Waals surface area contributed by atoms with Crippen molar-refractivity contribution in [2.45, 2.75) is 131 Å². The second-order valence-corrected chi connectivity index (χ2v) is 13.6. The van der Waals surface area contributed by atoms with Crippen molar-refractivity contribution in [2.75, 3.05) is 60.6 Å². The quantitative estimate of drug-likeness (QED) is 0.0181. The van der Waals surface area contributed by atoms with Crippen LogP contribution in [0.15, 0.2) is 0 Å². The molecule has 0 aromatic heterocycles. The number of carbonyl (C=O) groups excluding carboxylic acids is 6. The Morgan fingerprint density at radius 2 is 0.540 bits per heavy atom. The second-order valence-electron chi connectivity index (χ2n) is 13.6. The molecule has 21 N–H and O–H groups in total. The largest absolute Gasteiger partial charge is 0.467 e. The highest BCUT2D eigenvalue weighted by Gasteiger charge is 2.40. The smallest absolute Gasteiger partial charge is 0.337 e. The molecule has 12 atom stereocenters. The van der Waals surface area contributed by atoms with E-state index in [0.29, 0.717) is 38.9 Å². The molecule has 63 heavy (non-hydrogen) atoms. The van der Waals surface area contributed by atoms with Crippen molar-refractivity contribution in [3.8, 4) is 0 Å². The number of hydrogen-bond acceptors (Lipinski definition) is 24. The van der Waals surface area contributed by atoms with E-state index in [1.54, 1.807) is 0 Å². The maximum absolute atomic E-state index is 11.5. The Morgan fingerprint density at radius 3 is 0.714 bits per heavy atom. The van der Waals surface area contributed by atoms with Gasteiger partial charge in [0.2, 0.25) is 0 Å². The summed E-state index contributed by atoms with van der Waals surface area (Å²) in [6.45, 7) is 2.47. The number of nitrogens with one attached hydrogen (secondary N) is 3. The van der Waals surface area contributed by atoms with Crippen LogP contribution in [0.4, 0.5) is 0 Å². The molecule has 0 radical (unpaired) electrons. The molecule has 3 amide bonds. The Kier molecular flexibility index (Phi) is 37.9. The molecule has 27 nitrogen and oxygen atoms in total. The van der Waals surface area contributed by atoms with E-state index in [2.05, 4.69) is 30.2 Å². The maximum atomic E-state index is 11.5. The van der Waals surface area contributed by atoms with Gasteiger partial charge in [0.1, 0.15) is 36.6 Å². The third-order valence-electron chi connectivity index (χ3n) is 8.67. The minimum absolute atomic E-state index is 0.276. The number of rotatable bonds is 30. The molecule has 0 aliphatic carbocycles. The van der Waals surface area contributed by atoms with E-state index in [1.807, 2.05) is 0 Å². The lowest BCUT2D eigenvalue weighted by atomic mass is 10.0. The van der Waals surface area contributed by atoms with Gasteiger partial charge < -0.3 is 109 Å². The summed E-state index contributed by atoms with van der Waals surface area (Å²) in [6.07, 6.45) is -17.5. The van der Waals surface area contributed by atoms with Crippen LogP contribution in [0.2, 0.25) is 0 Å². The van der Waals surface area contributed by atoms with Gasteiger partial charge in [0.05, 0.1) is 21.3 Å². The van der Waals surface area contributed by atoms with E-state index in [0.717, 1.165) is 59.9 Å². The predicted molar refractivity (Wildman–Crippen MR) is 216 cm³/mol. The van der Waals surface area contributed by atoms with Crippen LogP contribution >= 0.6 is 0 Å². The Hall–Kier alpha value is -3.78. The van der Waals surface area contributed by atoms with Crippen LogP contribution in [0.5, 0.6) is 0 Å². The lowest BCUT2D eigenvalue weighted by molar-refractivity contribution is -0.169. The highest BCUT2D eigenvalue weighted by Crippen LogP contribution is 2.10. The lowest BCUT2D eigenvalue weighted by Crippen LogP contribution is -2.52. The van der Waals surface area contributed by atoms with E-state index in [-0.39, 0.29) is 19.6 Å². The number of aliphatic hydroxyl groups excluding tert-OH is 12. The van der Waals surface area contributed by atoms with Gasteiger partial charge in [0.15, 0.2) is 36.6 Å². The molecule has 0 fully saturated rings. The summed E-state index contributed by atoms with van der Waals surface area (Å²) in [4.78, 5) is 67.5. The lowest BCUT2D eigenvalue weighted by Gasteiger charge is -2.24. The number of unbranched alkanes of at least 4 members (excludes halogenated alkanes) is 6. The topological polar surface area (TPSA) is 487 Å². The van der Waals surface area contributed by atoms with E-state index in [4.69, 9.17) is 17.2 Å². The number of ether oxygens (including phenoxy) is 3. The zero-order valence-electron chi connectivity index (χ0n) is 35.8. The maximum Gasteiger partial charge on any atom is 0.337 e. The van der Waals surface area contributed by atoms with Gasteiger partial charge in [-0.2, -0.15) is 0 Å². The molecule has 0 rings (SSSR count). The van der Waals surface area contributed by atoms with Crippen LogP contribution < -0.4 is 33.2 Å². The number of aliphatic hydroxyl groups is 12. The number of amides is 3. The summed E-state index contributed by atoms with van der Waals surface area (Å²) < 4.78 is 12.5. The second kappa shape index (κ2) is 37.6. The third kappa shape index (κ3) is 26.6. The van der Waals surface area contributed by atoms with Gasteiger partial charge >= 0.3 is 17.9 Å². The van der Waals surface area contributed by atoms with Crippen molar-refractivity contribution in [1.82, 2.24) is 16.0 Å². The monoisotopic (exact) mass is 924 g/mol. The van der Waals surface area contributed by atoms with Crippen LogP contribution in [-0.2, 0) is 43.0 Å². The summed E-state index contributed by atoms with van der Waals surface area (Å²) in [7, 11) is 2.94. The normalized spacial score (nSPS) is 16.7. The molecule has 0 bridgehead atoms. The molecule has 0 aromatic carbocycles. The van der Waals surface area contributed by atoms with Gasteiger partial charge in [0, 0.05) is 19.6 Å². The molecule has 0 unspecified atom stereocenters. The van der Waals surface area contributed by atoms with Crippen LogP contribution in [0, 0.1) is 0 Å². The molecular formula is C36H72N6O21. The fraction of sp³-hybridized carbons (Fsp3) is 0.833. The first-order valence-electron chi connectivity index (χ1n) is 19.9. The number of esters is 3. The molecule has 0 aliphatic rings. The Morgan fingerprint density at radius 1 is 0.349 bits per heavy atom. The van der Waals surface area contributed by atoms with Crippen LogP contribution in [0.25, 0.3) is 0 Å². The van der Waals surface area contributed by atoms with Crippen molar-refractivity contribution >= 4 is 35.6 Å². The van der Waals surface area contributed by atoms with E-state index < -0.39 is 109 Å². The minimum atomic E-state index is -2.06. The van der Waals surface area contributed by atoms with Crippen molar-refractivity contribution in [1.29, 1.82) is 0 Å². The summed E-state index contributed by atoms with van der Waals surface area (Å²) in [5, 5.41) is 121. The number of nitrogens with two attached hydrogens (primary N) is 3. The standard InChI is InChI=1S/3C12H24N2O7/c3*1-21-12(20)10(18)8(16)7(15)9(17)11(19)14-6-4-2-3-5-13/h3*7-10,15-18H,2-6,13H2,1H3,(H,14,19)/t7-,8+,9+,10-;7-,8-,9-,10+;7-,8-,9-,10-/m100/s1. The Balaban J connectivity index is -0.000000857. The first-order chi connectivity index (χ1) is 29.6. The summed E-state index contributed by atoms with van der Waals surface area (Å²) in [6, 6.07) is 0. The minimum Gasteiger partial charge on any atom is -0.467 e. The zero-order valence-corrected chi connectivity index (χ0v) is 35.8. The van der Waals surface area contributed by atoms with Gasteiger partial charge in [0.25, 0.3) is 17.7 Å². The molecule has 27 heteroatoms. The van der Waals surface area contributed by atoms with Gasteiger partial charge in [-0.15, -0.1) is 0 Å². The van der Waals surface area contributed by atoms with Crippen molar-refractivity contribution in [3.05, 3.63) is 0 Å². The van der Waals surface area contributed by atoms with Crippen LogP contribution in [0.1, 0.15) is 57.8 Å². The molecule has 0 heterocycles. The van der Waals surface area contributed by atoms with E-state index in [1.165, 1.54) is 0 Å². The SMILES string of the molecule is COC(=O)[C@@H](O)[C@@H](O)[C@H](O)[C@H](O)C(=O)NCCCCCN.COC(=O)[C@H](O)[C@@H](O)[C@@H](O)[C@H](O)C(=O)NCCCCCN.COC(=O)[C@H](O)[C@@H](O)[C@H](O)[C@H](O)C(=O)NCCCCCN. The number of methoxy groups -OCH3 is 3. The molecule has 0 aromatic rings. The number of carbonyl (C=O) groups is 6. The molecule has 372 valence electrons. The van der Waals surface area contributed by atoms with Gasteiger partial charge in [-0.3, -0.25) is 14.4 Å². The molecular weight excluding hydrogens is 852 g/mol. The van der Waals surface area contributed by atoms with Crippen molar-refractivity contribution in [2.24, 2.45) is 17.2 Å². The number of hydrogen-bond donors (Lipinski definition) is 18. The summed E-state index contributed by atoms with van der Waals surface area (Å²) >= 11 is 0. The van der Waals surface area contributed by atoms with Crippen LogP contribution in [0.3, 0.4) is 0 Å². The Bertz CT molecular complexity index is 1130. The van der Waals surface area contributed by atoms with Gasteiger partial charge in [-0.05, 0) is 58.2 Å². The highest BCUT2D eigenvalue weighted by molar-refractivity contribution is 5.83. The fourth-order valence-corrected chi connectivity index (χ4v) is 4.65. The third-order valence-corrected chi connectivity index (χ3v) is 8.67. The van der Waals surface area contributed by atoms with Gasteiger partial charge in [-0.25, -0.2) is 14.4 Å². The molecule has 0 saturated carbocycles. The first kappa shape index (κ1) is 63.5. The molecule has 0 spiro atoms. The Labute approximate surface area is 364 Å². The zero-order chi connectivity index (χ0) is 49.2. The average Bonchev–Trinajstić information content (AvgIpc) is 3.29. The average molecular weight is 925 g/mol. The van der Waals surface area contributed by atoms with Crippen LogP contribution in [-0.4, -0.2) is 231 Å². The highest BCUT2D eigenvalue weighted by atomic mass is 16.6.